The maximum atomic E-state index is 13.0. The summed E-state index contributed by atoms with van der Waals surface area (Å²) in [6.45, 7) is 0. The van der Waals surface area contributed by atoms with Gasteiger partial charge in [0.1, 0.15) is 16.5 Å². The summed E-state index contributed by atoms with van der Waals surface area (Å²) in [5.41, 5.74) is 0. The number of hydrogen-bond donors (Lipinski definition) is 0. The van der Waals surface area contributed by atoms with Crippen molar-refractivity contribution in [1.29, 1.82) is 0 Å². The van der Waals surface area contributed by atoms with Gasteiger partial charge >= 0.3 is 10.1 Å². The predicted molar refractivity (Wildman–Crippen MR) is 65.6 cm³/mol. The molecule has 0 bridgehead atoms. The van der Waals surface area contributed by atoms with Gasteiger partial charge < -0.3 is 4.18 Å². The van der Waals surface area contributed by atoms with E-state index < -0.39 is 43.2 Å². The Morgan fingerprint density at radius 2 is 1.55 bits per heavy atom. The average molecular weight is 323 g/mol. The molecule has 0 aliphatic rings. The van der Waals surface area contributed by atoms with E-state index in [1.165, 1.54) is 0 Å². The Kier molecular flexibility index (Phi) is 3.92. The molecule has 0 spiro atoms. The summed E-state index contributed by atoms with van der Waals surface area (Å²) in [5.74, 6) is -3.60. The van der Waals surface area contributed by atoms with Gasteiger partial charge in [-0.2, -0.15) is 8.42 Å². The molecule has 0 saturated carbocycles. The van der Waals surface area contributed by atoms with E-state index in [9.17, 15) is 21.6 Å². The van der Waals surface area contributed by atoms with E-state index in [4.69, 9.17) is 11.6 Å². The van der Waals surface area contributed by atoms with E-state index >= 15 is 0 Å². The second-order valence-corrected chi connectivity index (χ2v) is 5.64. The van der Waals surface area contributed by atoms with Gasteiger partial charge in [-0.1, -0.05) is 11.6 Å². The zero-order valence-electron chi connectivity index (χ0n) is 9.61. The molecule has 0 fully saturated rings. The van der Waals surface area contributed by atoms with Crippen LogP contribution in [0.2, 0.25) is 5.02 Å². The van der Waals surface area contributed by atoms with Crippen LogP contribution in [0.3, 0.4) is 0 Å². The average Bonchev–Trinajstić information content (AvgIpc) is 2.37. The first kappa shape index (κ1) is 14.7. The maximum Gasteiger partial charge on any atom is 0.339 e. The Labute approximate surface area is 117 Å². The fourth-order valence-corrected chi connectivity index (χ4v) is 2.53. The lowest BCUT2D eigenvalue weighted by atomic mass is 10.3. The third kappa shape index (κ3) is 3.05. The molecule has 0 aliphatic heterocycles. The van der Waals surface area contributed by atoms with Gasteiger partial charge in [-0.15, -0.1) is 0 Å². The van der Waals surface area contributed by atoms with Gasteiger partial charge in [0, 0.05) is 6.07 Å². The second-order valence-electron chi connectivity index (χ2n) is 3.69. The molecule has 2 rings (SSSR count). The first-order chi connectivity index (χ1) is 9.29. The zero-order valence-corrected chi connectivity index (χ0v) is 11.2. The fourth-order valence-electron chi connectivity index (χ4n) is 1.34. The topological polar surface area (TPSA) is 43.4 Å². The van der Waals surface area contributed by atoms with E-state index in [1.54, 1.807) is 0 Å². The van der Waals surface area contributed by atoms with Gasteiger partial charge in [-0.3, -0.25) is 0 Å². The minimum atomic E-state index is -4.32. The summed E-state index contributed by atoms with van der Waals surface area (Å²) in [6, 6.07) is 4.89. The van der Waals surface area contributed by atoms with Crippen LogP contribution in [-0.2, 0) is 10.1 Å². The van der Waals surface area contributed by atoms with E-state index in [1.807, 2.05) is 0 Å². The Morgan fingerprint density at radius 3 is 2.15 bits per heavy atom. The summed E-state index contributed by atoms with van der Waals surface area (Å²) in [4.78, 5) is -0.409. The van der Waals surface area contributed by atoms with Crippen molar-refractivity contribution in [3.63, 3.8) is 0 Å². The SMILES string of the molecule is O=S(=O)(Oc1ccc(F)c(F)c1)c1ccc(F)c(Cl)c1. The number of benzene rings is 2. The van der Waals surface area contributed by atoms with Crippen molar-refractivity contribution < 1.29 is 25.8 Å². The molecule has 0 N–H and O–H groups in total. The fraction of sp³-hybridized carbons (Fsp3) is 0. The number of hydrogen-bond acceptors (Lipinski definition) is 3. The van der Waals surface area contributed by atoms with Crippen LogP contribution in [-0.4, -0.2) is 8.42 Å². The third-order valence-corrected chi connectivity index (χ3v) is 3.81. The van der Waals surface area contributed by atoms with Crippen LogP contribution in [0.25, 0.3) is 0 Å². The molecule has 2 aromatic rings. The van der Waals surface area contributed by atoms with Gasteiger partial charge in [0.05, 0.1) is 5.02 Å². The summed E-state index contributed by atoms with van der Waals surface area (Å²) in [5, 5.41) is -0.403. The zero-order chi connectivity index (χ0) is 14.9. The van der Waals surface area contributed by atoms with Crippen LogP contribution in [0.4, 0.5) is 13.2 Å². The molecular formula is C12H6ClF3O3S. The van der Waals surface area contributed by atoms with Crippen molar-refractivity contribution in [3.8, 4) is 5.75 Å². The Balaban J connectivity index is 2.35. The molecule has 0 heterocycles. The molecule has 0 radical (unpaired) electrons. The van der Waals surface area contributed by atoms with Crippen LogP contribution >= 0.6 is 11.6 Å². The van der Waals surface area contributed by atoms with Crippen molar-refractivity contribution in [3.05, 3.63) is 58.9 Å². The molecule has 0 unspecified atom stereocenters. The largest absolute Gasteiger partial charge is 0.379 e. The van der Waals surface area contributed by atoms with Crippen molar-refractivity contribution in [1.82, 2.24) is 0 Å². The van der Waals surface area contributed by atoms with Crippen LogP contribution < -0.4 is 4.18 Å². The third-order valence-electron chi connectivity index (χ3n) is 2.28. The predicted octanol–water partition coefficient (Wildman–Crippen LogP) is 3.53. The summed E-state index contributed by atoms with van der Waals surface area (Å²) >= 11 is 5.46. The maximum absolute atomic E-state index is 13.0. The van der Waals surface area contributed by atoms with Gasteiger partial charge in [-0.05, 0) is 30.3 Å². The van der Waals surface area contributed by atoms with Crippen molar-refractivity contribution >= 4 is 21.7 Å². The van der Waals surface area contributed by atoms with Crippen molar-refractivity contribution in [2.45, 2.75) is 4.90 Å². The van der Waals surface area contributed by atoms with E-state index in [2.05, 4.69) is 4.18 Å². The van der Waals surface area contributed by atoms with Crippen molar-refractivity contribution in [2.75, 3.05) is 0 Å². The van der Waals surface area contributed by atoms with E-state index in [0.29, 0.717) is 6.07 Å². The smallest absolute Gasteiger partial charge is 0.339 e. The van der Waals surface area contributed by atoms with Gasteiger partial charge in [0.15, 0.2) is 11.6 Å². The Bertz CT molecular complexity index is 763. The number of rotatable bonds is 3. The highest BCUT2D eigenvalue weighted by atomic mass is 35.5. The van der Waals surface area contributed by atoms with Gasteiger partial charge in [0.25, 0.3) is 0 Å². The highest BCUT2D eigenvalue weighted by Crippen LogP contribution is 2.24. The second kappa shape index (κ2) is 5.34. The molecule has 0 amide bonds. The minimum absolute atomic E-state index is 0.403. The van der Waals surface area contributed by atoms with Crippen LogP contribution in [0.1, 0.15) is 0 Å². The standard InChI is InChI=1S/C12H6ClF3O3S/c13-9-6-8(2-4-10(9)14)20(17,18)19-7-1-3-11(15)12(16)5-7/h1-6H. The van der Waals surface area contributed by atoms with Crippen LogP contribution in [0.15, 0.2) is 41.3 Å². The van der Waals surface area contributed by atoms with Crippen LogP contribution in [0.5, 0.6) is 5.75 Å². The molecule has 0 atom stereocenters. The summed E-state index contributed by atoms with van der Waals surface area (Å²) in [7, 11) is -4.32. The quantitative estimate of drug-likeness (QED) is 0.812. The normalized spacial score (nSPS) is 11.4. The highest BCUT2D eigenvalue weighted by molar-refractivity contribution is 7.87. The summed E-state index contributed by atoms with van der Waals surface area (Å²) < 4.78 is 66.9. The molecule has 2 aromatic carbocycles. The first-order valence-corrected chi connectivity index (χ1v) is 6.93. The van der Waals surface area contributed by atoms with Crippen LogP contribution in [0, 0.1) is 17.5 Å². The molecule has 20 heavy (non-hydrogen) atoms. The lowest BCUT2D eigenvalue weighted by molar-refractivity contribution is 0.472. The molecule has 0 saturated heterocycles. The monoisotopic (exact) mass is 322 g/mol. The lowest BCUT2D eigenvalue weighted by Gasteiger charge is -2.07. The molecule has 8 heteroatoms. The van der Waals surface area contributed by atoms with E-state index in [0.717, 1.165) is 30.3 Å². The molecule has 0 aromatic heterocycles. The Hall–Kier alpha value is -1.73. The molecule has 3 nitrogen and oxygen atoms in total. The van der Waals surface area contributed by atoms with Gasteiger partial charge in [0.2, 0.25) is 0 Å². The lowest BCUT2D eigenvalue weighted by Crippen LogP contribution is -2.10. The molecule has 106 valence electrons. The Morgan fingerprint density at radius 1 is 0.900 bits per heavy atom. The van der Waals surface area contributed by atoms with Crippen molar-refractivity contribution in [2.24, 2.45) is 0 Å². The van der Waals surface area contributed by atoms with E-state index in [-0.39, 0.29) is 0 Å². The first-order valence-electron chi connectivity index (χ1n) is 5.14. The number of halogens is 4. The summed E-state index contributed by atoms with van der Waals surface area (Å²) in [6.07, 6.45) is 0. The van der Waals surface area contributed by atoms with Gasteiger partial charge in [-0.25, -0.2) is 13.2 Å². The molecule has 0 aliphatic carbocycles. The molecular weight excluding hydrogens is 317 g/mol. The highest BCUT2D eigenvalue weighted by Gasteiger charge is 2.19. The minimum Gasteiger partial charge on any atom is -0.379 e.